The number of nitrogens with zero attached hydrogens (tertiary/aromatic N) is 3. The van der Waals surface area contributed by atoms with E-state index in [0.717, 1.165) is 11.1 Å². The zero-order chi connectivity index (χ0) is 16.2. The fraction of sp³-hybridized carbons (Fsp3) is 0.0625. The second-order valence-corrected chi connectivity index (χ2v) is 5.09. The predicted octanol–water partition coefficient (Wildman–Crippen LogP) is 3.20. The summed E-state index contributed by atoms with van der Waals surface area (Å²) >= 11 is 5.24. The van der Waals surface area contributed by atoms with Gasteiger partial charge in [-0.3, -0.25) is 0 Å². The first-order valence-corrected chi connectivity index (χ1v) is 7.24. The highest BCUT2D eigenvalue weighted by Crippen LogP contribution is 2.28. The van der Waals surface area contributed by atoms with Crippen LogP contribution in [0.1, 0.15) is 5.56 Å². The van der Waals surface area contributed by atoms with Crippen LogP contribution in [0.25, 0.3) is 11.4 Å². The molecule has 3 aromatic rings. The van der Waals surface area contributed by atoms with Crippen LogP contribution in [0.4, 0.5) is 0 Å². The molecule has 0 aliphatic heterocycles. The summed E-state index contributed by atoms with van der Waals surface area (Å²) in [5.41, 5.74) is 1.61. The number of benzene rings is 2. The normalized spacial score (nSPS) is 11.0. The predicted molar refractivity (Wildman–Crippen MR) is 90.5 cm³/mol. The van der Waals surface area contributed by atoms with Gasteiger partial charge in [0.05, 0.1) is 18.9 Å². The van der Waals surface area contributed by atoms with Crippen LogP contribution < -0.4 is 4.74 Å². The molecule has 2 N–H and O–H groups in total. The van der Waals surface area contributed by atoms with Gasteiger partial charge in [-0.05, 0) is 54.2 Å². The molecule has 1 heterocycles. The second kappa shape index (κ2) is 6.45. The van der Waals surface area contributed by atoms with Crippen molar-refractivity contribution in [3.8, 4) is 22.9 Å². The van der Waals surface area contributed by atoms with Gasteiger partial charge in [0.25, 0.3) is 0 Å². The smallest absolute Gasteiger partial charge is 0.216 e. The highest BCUT2D eigenvalue weighted by Gasteiger charge is 2.12. The lowest BCUT2D eigenvalue weighted by molar-refractivity contribution is 0.416. The molecule has 0 radical (unpaired) electrons. The van der Waals surface area contributed by atoms with Crippen LogP contribution in [0.2, 0.25) is 0 Å². The molecule has 0 unspecified atom stereocenters. The summed E-state index contributed by atoms with van der Waals surface area (Å²) in [7, 11) is 1.60. The molecule has 0 fully saturated rings. The van der Waals surface area contributed by atoms with Gasteiger partial charge in [-0.15, -0.1) is 0 Å². The van der Waals surface area contributed by atoms with Crippen molar-refractivity contribution in [3.63, 3.8) is 0 Å². The second-order valence-electron chi connectivity index (χ2n) is 4.70. The molecule has 0 bridgehead atoms. The van der Waals surface area contributed by atoms with Crippen LogP contribution in [0.5, 0.6) is 11.5 Å². The Balaban J connectivity index is 2.02. The van der Waals surface area contributed by atoms with Crippen LogP contribution in [0.15, 0.2) is 53.6 Å². The maximum atomic E-state index is 9.31. The molecular weight excluding hydrogens is 312 g/mol. The van der Waals surface area contributed by atoms with Gasteiger partial charge >= 0.3 is 0 Å². The number of H-pyrrole nitrogens is 1. The molecule has 116 valence electrons. The lowest BCUT2D eigenvalue weighted by Crippen LogP contribution is -1.97. The SMILES string of the molecule is COc1ccccc1-c1n[nH]c(=S)n1/N=C\c1ccc(O)cc1. The number of phenolic OH excluding ortho intramolecular Hbond substituents is 1. The number of aromatic amines is 1. The van der Waals surface area contributed by atoms with E-state index in [1.807, 2.05) is 24.3 Å². The molecule has 3 rings (SSSR count). The van der Waals surface area contributed by atoms with Gasteiger partial charge in [-0.2, -0.15) is 14.9 Å². The Hall–Kier alpha value is -2.93. The number of hydrogen-bond donors (Lipinski definition) is 2. The summed E-state index contributed by atoms with van der Waals surface area (Å²) in [5.74, 6) is 1.45. The van der Waals surface area contributed by atoms with E-state index in [0.29, 0.717) is 16.3 Å². The zero-order valence-corrected chi connectivity index (χ0v) is 13.1. The minimum absolute atomic E-state index is 0.205. The van der Waals surface area contributed by atoms with Crippen molar-refractivity contribution in [2.75, 3.05) is 7.11 Å². The van der Waals surface area contributed by atoms with Gasteiger partial charge in [0.15, 0.2) is 5.82 Å². The van der Waals surface area contributed by atoms with Gasteiger partial charge < -0.3 is 9.84 Å². The van der Waals surface area contributed by atoms with Crippen LogP contribution in [0, 0.1) is 4.77 Å². The van der Waals surface area contributed by atoms with E-state index in [1.165, 1.54) is 4.68 Å². The lowest BCUT2D eigenvalue weighted by atomic mass is 10.2. The van der Waals surface area contributed by atoms with Crippen molar-refractivity contribution in [2.45, 2.75) is 0 Å². The van der Waals surface area contributed by atoms with Gasteiger partial charge in [0, 0.05) is 0 Å². The van der Waals surface area contributed by atoms with Gasteiger partial charge in [0.2, 0.25) is 4.77 Å². The van der Waals surface area contributed by atoms with E-state index in [-0.39, 0.29) is 5.75 Å². The number of aromatic hydroxyl groups is 1. The summed E-state index contributed by atoms with van der Waals surface area (Å²) in [4.78, 5) is 0. The van der Waals surface area contributed by atoms with Crippen LogP contribution >= 0.6 is 12.2 Å². The average Bonchev–Trinajstić information content (AvgIpc) is 2.95. The number of ether oxygens (including phenoxy) is 1. The number of rotatable bonds is 4. The number of nitrogens with one attached hydrogen (secondary N) is 1. The molecule has 0 atom stereocenters. The quantitative estimate of drug-likeness (QED) is 0.570. The largest absolute Gasteiger partial charge is 0.508 e. The molecule has 0 saturated carbocycles. The molecule has 23 heavy (non-hydrogen) atoms. The molecule has 1 aromatic heterocycles. The van der Waals surface area contributed by atoms with E-state index in [4.69, 9.17) is 17.0 Å². The molecule has 0 saturated heterocycles. The Morgan fingerprint density at radius 1 is 1.22 bits per heavy atom. The maximum absolute atomic E-state index is 9.31. The minimum atomic E-state index is 0.205. The molecule has 0 spiro atoms. The number of para-hydroxylation sites is 1. The molecule has 6 nitrogen and oxygen atoms in total. The Labute approximate surface area is 137 Å². The Morgan fingerprint density at radius 3 is 2.70 bits per heavy atom. The summed E-state index contributed by atoms with van der Waals surface area (Å²) in [6, 6.07) is 14.2. The maximum Gasteiger partial charge on any atom is 0.216 e. The van der Waals surface area contributed by atoms with Crippen molar-refractivity contribution < 1.29 is 9.84 Å². The van der Waals surface area contributed by atoms with E-state index in [1.54, 1.807) is 37.6 Å². The zero-order valence-electron chi connectivity index (χ0n) is 12.3. The Kier molecular flexibility index (Phi) is 4.20. The molecular formula is C16H14N4O2S. The van der Waals surface area contributed by atoms with E-state index >= 15 is 0 Å². The lowest BCUT2D eigenvalue weighted by Gasteiger charge is -2.06. The van der Waals surface area contributed by atoms with Crippen molar-refractivity contribution >= 4 is 18.4 Å². The average molecular weight is 326 g/mol. The highest BCUT2D eigenvalue weighted by molar-refractivity contribution is 7.71. The number of phenols is 1. The molecule has 0 amide bonds. The molecule has 7 heteroatoms. The van der Waals surface area contributed by atoms with E-state index in [2.05, 4.69) is 15.3 Å². The first kappa shape index (κ1) is 15.0. The Morgan fingerprint density at radius 2 is 1.96 bits per heavy atom. The third kappa shape index (κ3) is 3.14. The van der Waals surface area contributed by atoms with Crippen molar-refractivity contribution in [1.82, 2.24) is 14.9 Å². The van der Waals surface area contributed by atoms with Gasteiger partial charge in [-0.1, -0.05) is 12.1 Å². The summed E-state index contributed by atoms with van der Waals surface area (Å²) in [6.45, 7) is 0. The Bertz CT molecular complexity index is 897. The van der Waals surface area contributed by atoms with Crippen LogP contribution in [-0.4, -0.2) is 33.3 Å². The van der Waals surface area contributed by atoms with E-state index < -0.39 is 0 Å². The first-order chi connectivity index (χ1) is 11.2. The molecule has 0 aliphatic carbocycles. The van der Waals surface area contributed by atoms with Crippen molar-refractivity contribution in [2.24, 2.45) is 5.10 Å². The van der Waals surface area contributed by atoms with Gasteiger partial charge in [-0.25, -0.2) is 5.10 Å². The van der Waals surface area contributed by atoms with Crippen molar-refractivity contribution in [3.05, 3.63) is 58.9 Å². The highest BCUT2D eigenvalue weighted by atomic mass is 32.1. The monoisotopic (exact) mass is 326 g/mol. The van der Waals surface area contributed by atoms with Crippen molar-refractivity contribution in [1.29, 1.82) is 0 Å². The number of aromatic nitrogens is 3. The molecule has 0 aliphatic rings. The minimum Gasteiger partial charge on any atom is -0.508 e. The van der Waals surface area contributed by atoms with Crippen LogP contribution in [-0.2, 0) is 0 Å². The first-order valence-electron chi connectivity index (χ1n) is 6.83. The fourth-order valence-electron chi connectivity index (χ4n) is 2.09. The van der Waals surface area contributed by atoms with Crippen LogP contribution in [0.3, 0.4) is 0 Å². The summed E-state index contributed by atoms with van der Waals surface area (Å²) in [5, 5.41) is 20.7. The van der Waals surface area contributed by atoms with E-state index in [9.17, 15) is 5.11 Å². The third-order valence-electron chi connectivity index (χ3n) is 3.21. The fourth-order valence-corrected chi connectivity index (χ4v) is 2.27. The standard InChI is InChI=1S/C16H14N4O2S/c1-22-14-5-3-2-4-13(14)15-18-19-16(23)20(15)17-10-11-6-8-12(21)9-7-11/h2-10,21H,1H3,(H,19,23)/b17-10-. The number of hydrogen-bond acceptors (Lipinski definition) is 5. The third-order valence-corrected chi connectivity index (χ3v) is 3.48. The topological polar surface area (TPSA) is 75.4 Å². The van der Waals surface area contributed by atoms with Gasteiger partial charge in [0.1, 0.15) is 11.5 Å². The summed E-state index contributed by atoms with van der Waals surface area (Å²) in [6.07, 6.45) is 1.64. The number of methoxy groups -OCH3 is 1. The summed E-state index contributed by atoms with van der Waals surface area (Å²) < 4.78 is 7.26. The molecule has 2 aromatic carbocycles.